The van der Waals surface area contributed by atoms with E-state index in [2.05, 4.69) is 24.0 Å². The molecule has 14 heavy (non-hydrogen) atoms. The van der Waals surface area contributed by atoms with Crippen molar-refractivity contribution in [3.8, 4) is 5.75 Å². The highest BCUT2D eigenvalue weighted by molar-refractivity contribution is 5.70. The molecule has 2 aliphatic heterocycles. The second-order valence-corrected chi connectivity index (χ2v) is 3.99. The van der Waals surface area contributed by atoms with Crippen molar-refractivity contribution in [2.24, 2.45) is 0 Å². The predicted octanol–water partition coefficient (Wildman–Crippen LogP) is 2.00. The van der Waals surface area contributed by atoms with Gasteiger partial charge in [-0.3, -0.25) is 0 Å². The van der Waals surface area contributed by atoms with Crippen molar-refractivity contribution in [1.82, 2.24) is 0 Å². The van der Waals surface area contributed by atoms with Crippen LogP contribution in [0.1, 0.15) is 18.1 Å². The molecule has 0 aromatic heterocycles. The number of hydrogen-bond donors (Lipinski definition) is 0. The van der Waals surface area contributed by atoms with Crippen molar-refractivity contribution >= 4 is 5.69 Å². The molecule has 0 aliphatic carbocycles. The maximum Gasteiger partial charge on any atom is 0.146 e. The monoisotopic (exact) mass is 189 g/mol. The van der Waals surface area contributed by atoms with Gasteiger partial charge in [0.2, 0.25) is 0 Å². The number of benzene rings is 1. The van der Waals surface area contributed by atoms with Crippen LogP contribution in [-0.2, 0) is 12.8 Å². The molecule has 0 unspecified atom stereocenters. The molecule has 1 aromatic rings. The summed E-state index contributed by atoms with van der Waals surface area (Å²) in [6, 6.07) is 4.51. The van der Waals surface area contributed by atoms with Crippen LogP contribution in [0, 0.1) is 0 Å². The molecule has 2 heterocycles. The van der Waals surface area contributed by atoms with E-state index in [4.69, 9.17) is 4.74 Å². The Hall–Kier alpha value is -1.18. The summed E-state index contributed by atoms with van der Waals surface area (Å²) < 4.78 is 5.73. The number of rotatable bonds is 1. The first-order chi connectivity index (χ1) is 6.90. The fourth-order valence-corrected chi connectivity index (χ4v) is 2.51. The largest absolute Gasteiger partial charge is 0.491 e. The summed E-state index contributed by atoms with van der Waals surface area (Å²) in [5, 5.41) is 0. The van der Waals surface area contributed by atoms with Gasteiger partial charge in [0.25, 0.3) is 0 Å². The van der Waals surface area contributed by atoms with Gasteiger partial charge < -0.3 is 9.64 Å². The van der Waals surface area contributed by atoms with Crippen molar-refractivity contribution in [3.63, 3.8) is 0 Å². The van der Waals surface area contributed by atoms with Crippen molar-refractivity contribution in [3.05, 3.63) is 23.3 Å². The van der Waals surface area contributed by atoms with Crippen LogP contribution in [0.2, 0.25) is 0 Å². The van der Waals surface area contributed by atoms with E-state index in [0.29, 0.717) is 0 Å². The maximum atomic E-state index is 5.73. The van der Waals surface area contributed by atoms with Crippen LogP contribution in [0.25, 0.3) is 0 Å². The molecule has 0 radical (unpaired) electrons. The van der Waals surface area contributed by atoms with E-state index in [1.54, 1.807) is 0 Å². The molecular formula is C12H15NO. The van der Waals surface area contributed by atoms with Crippen molar-refractivity contribution < 1.29 is 4.74 Å². The van der Waals surface area contributed by atoms with Gasteiger partial charge in [0.1, 0.15) is 5.75 Å². The molecule has 0 fully saturated rings. The molecule has 74 valence electrons. The summed E-state index contributed by atoms with van der Waals surface area (Å²) in [5.41, 5.74) is 4.24. The van der Waals surface area contributed by atoms with Gasteiger partial charge in [-0.25, -0.2) is 0 Å². The smallest absolute Gasteiger partial charge is 0.146 e. The minimum atomic E-state index is 0.864. The molecule has 2 nitrogen and oxygen atoms in total. The molecule has 1 aromatic carbocycles. The Morgan fingerprint density at radius 2 is 2.14 bits per heavy atom. The number of likely N-dealkylation sites (N-methyl/N-ethyl adjacent to an activating group) is 1. The molecule has 0 saturated heterocycles. The van der Waals surface area contributed by atoms with Crippen LogP contribution in [0.3, 0.4) is 0 Å². The highest BCUT2D eigenvalue weighted by Gasteiger charge is 2.26. The van der Waals surface area contributed by atoms with Gasteiger partial charge >= 0.3 is 0 Å². The first-order valence-electron chi connectivity index (χ1n) is 5.42. The third kappa shape index (κ3) is 0.969. The maximum absolute atomic E-state index is 5.73. The molecule has 0 atom stereocenters. The number of hydrogen-bond acceptors (Lipinski definition) is 2. The third-order valence-corrected chi connectivity index (χ3v) is 3.26. The fraction of sp³-hybridized carbons (Fsp3) is 0.500. The first-order valence-corrected chi connectivity index (χ1v) is 5.42. The molecule has 0 N–H and O–H groups in total. The second-order valence-electron chi connectivity index (χ2n) is 3.99. The Labute approximate surface area is 84.5 Å². The third-order valence-electron chi connectivity index (χ3n) is 3.26. The van der Waals surface area contributed by atoms with Crippen molar-refractivity contribution in [1.29, 1.82) is 0 Å². The Kier molecular flexibility index (Phi) is 1.69. The molecule has 0 bridgehead atoms. The molecule has 3 rings (SSSR count). The summed E-state index contributed by atoms with van der Waals surface area (Å²) >= 11 is 0. The van der Waals surface area contributed by atoms with E-state index in [9.17, 15) is 0 Å². The van der Waals surface area contributed by atoms with Gasteiger partial charge in [-0.1, -0.05) is 12.1 Å². The predicted molar refractivity (Wildman–Crippen MR) is 57.2 cm³/mol. The van der Waals surface area contributed by atoms with Crippen molar-refractivity contribution in [2.75, 3.05) is 24.6 Å². The topological polar surface area (TPSA) is 12.5 Å². The van der Waals surface area contributed by atoms with Crippen LogP contribution >= 0.6 is 0 Å². The van der Waals surface area contributed by atoms with Gasteiger partial charge in [-0.15, -0.1) is 0 Å². The molecule has 0 amide bonds. The standard InChI is InChI=1S/C12H15NO/c1-2-13-7-5-9-3-4-10-6-8-14-12(10)11(9)13/h3-4H,2,5-8H2,1H3. The van der Waals surface area contributed by atoms with Crippen LogP contribution < -0.4 is 9.64 Å². The van der Waals surface area contributed by atoms with Crippen LogP contribution in [0.15, 0.2) is 12.1 Å². The zero-order chi connectivity index (χ0) is 9.54. The fourth-order valence-electron chi connectivity index (χ4n) is 2.51. The molecule has 0 saturated carbocycles. The quantitative estimate of drug-likeness (QED) is 0.670. The average molecular weight is 189 g/mol. The zero-order valence-electron chi connectivity index (χ0n) is 8.55. The summed E-state index contributed by atoms with van der Waals surface area (Å²) in [4.78, 5) is 2.43. The minimum Gasteiger partial charge on any atom is -0.491 e. The van der Waals surface area contributed by atoms with Crippen LogP contribution in [0.5, 0.6) is 5.75 Å². The van der Waals surface area contributed by atoms with Crippen LogP contribution in [0.4, 0.5) is 5.69 Å². The highest BCUT2D eigenvalue weighted by Crippen LogP contribution is 2.42. The van der Waals surface area contributed by atoms with E-state index in [1.807, 2.05) is 0 Å². The van der Waals surface area contributed by atoms with Gasteiger partial charge in [0.05, 0.1) is 12.3 Å². The summed E-state index contributed by atoms with van der Waals surface area (Å²) in [7, 11) is 0. The van der Waals surface area contributed by atoms with E-state index >= 15 is 0 Å². The Morgan fingerprint density at radius 1 is 1.29 bits per heavy atom. The van der Waals surface area contributed by atoms with Gasteiger partial charge in [-0.05, 0) is 24.5 Å². The highest BCUT2D eigenvalue weighted by atomic mass is 16.5. The van der Waals surface area contributed by atoms with Gasteiger partial charge in [-0.2, -0.15) is 0 Å². The molecular weight excluding hydrogens is 174 g/mol. The van der Waals surface area contributed by atoms with Crippen molar-refractivity contribution in [2.45, 2.75) is 19.8 Å². The molecule has 2 aliphatic rings. The summed E-state index contributed by atoms with van der Waals surface area (Å²) in [6.07, 6.45) is 2.26. The van der Waals surface area contributed by atoms with Gasteiger partial charge in [0.15, 0.2) is 0 Å². The lowest BCUT2D eigenvalue weighted by Crippen LogP contribution is -2.19. The second kappa shape index (κ2) is 2.91. The summed E-state index contributed by atoms with van der Waals surface area (Å²) in [5.74, 6) is 1.17. The average Bonchev–Trinajstić information content (AvgIpc) is 2.82. The lowest BCUT2D eigenvalue weighted by Gasteiger charge is -2.19. The van der Waals surface area contributed by atoms with E-state index in [1.165, 1.54) is 29.0 Å². The Bertz CT molecular complexity index is 373. The van der Waals surface area contributed by atoms with E-state index < -0.39 is 0 Å². The number of ether oxygens (including phenoxy) is 1. The minimum absolute atomic E-state index is 0.864. The van der Waals surface area contributed by atoms with E-state index in [0.717, 1.165) is 26.1 Å². The van der Waals surface area contributed by atoms with Crippen LogP contribution in [-0.4, -0.2) is 19.7 Å². The lowest BCUT2D eigenvalue weighted by atomic mass is 10.1. The lowest BCUT2D eigenvalue weighted by molar-refractivity contribution is 0.357. The Balaban J connectivity index is 2.16. The zero-order valence-corrected chi connectivity index (χ0v) is 8.55. The van der Waals surface area contributed by atoms with E-state index in [-0.39, 0.29) is 0 Å². The number of nitrogens with zero attached hydrogens (tertiary/aromatic N) is 1. The number of anilines is 1. The van der Waals surface area contributed by atoms with Gasteiger partial charge in [0, 0.05) is 19.5 Å². The first kappa shape index (κ1) is 8.16. The SMILES string of the molecule is CCN1CCc2ccc3c(c21)OCC3. The molecule has 2 heteroatoms. The summed E-state index contributed by atoms with van der Waals surface area (Å²) in [6.45, 7) is 5.32. The Morgan fingerprint density at radius 3 is 3.00 bits per heavy atom. The molecule has 0 spiro atoms. The normalized spacial score (nSPS) is 17.9. The number of fused-ring (bicyclic) bond motifs is 3.